The Labute approximate surface area is 131 Å². The van der Waals surface area contributed by atoms with Gasteiger partial charge in [0.25, 0.3) is 5.91 Å². The Morgan fingerprint density at radius 1 is 1.05 bits per heavy atom. The van der Waals surface area contributed by atoms with Gasteiger partial charge in [-0.25, -0.2) is 0 Å². The number of ether oxygens (including phenoxy) is 2. The number of hydrogen-bond acceptors (Lipinski definition) is 3. The van der Waals surface area contributed by atoms with Gasteiger partial charge < -0.3 is 14.8 Å². The summed E-state index contributed by atoms with van der Waals surface area (Å²) < 4.78 is 10.6. The minimum atomic E-state index is -0.584. The van der Waals surface area contributed by atoms with Crippen LogP contribution in [0.25, 0.3) is 0 Å². The zero-order valence-electron chi connectivity index (χ0n) is 12.9. The molecule has 0 spiro atoms. The van der Waals surface area contributed by atoms with Crippen molar-refractivity contribution in [2.24, 2.45) is 0 Å². The van der Waals surface area contributed by atoms with Crippen LogP contribution in [0.15, 0.2) is 54.6 Å². The molecule has 22 heavy (non-hydrogen) atoms. The molecule has 0 aromatic heterocycles. The van der Waals surface area contributed by atoms with Gasteiger partial charge >= 0.3 is 0 Å². The Hall–Kier alpha value is -2.33. The van der Waals surface area contributed by atoms with Gasteiger partial charge in [-0.2, -0.15) is 0 Å². The van der Waals surface area contributed by atoms with Crippen LogP contribution in [-0.4, -0.2) is 26.7 Å². The van der Waals surface area contributed by atoms with E-state index in [0.29, 0.717) is 13.0 Å². The van der Waals surface area contributed by atoms with E-state index in [0.717, 1.165) is 16.9 Å². The maximum absolute atomic E-state index is 12.3. The van der Waals surface area contributed by atoms with Crippen LogP contribution in [0.5, 0.6) is 5.75 Å². The van der Waals surface area contributed by atoms with Gasteiger partial charge in [0.1, 0.15) is 5.75 Å². The molecule has 116 valence electrons. The van der Waals surface area contributed by atoms with Crippen LogP contribution in [0.4, 0.5) is 0 Å². The minimum Gasteiger partial charge on any atom is -0.496 e. The summed E-state index contributed by atoms with van der Waals surface area (Å²) in [6.07, 6.45) is 0.125. The zero-order valence-corrected chi connectivity index (χ0v) is 12.9. The Morgan fingerprint density at radius 2 is 1.73 bits per heavy atom. The van der Waals surface area contributed by atoms with E-state index < -0.39 is 6.10 Å². The number of amides is 1. The van der Waals surface area contributed by atoms with E-state index in [4.69, 9.17) is 9.47 Å². The SMILES string of the molecule is COc1ccccc1CCNC(=O)C(OC)c1ccccc1. The average Bonchev–Trinajstić information content (AvgIpc) is 2.57. The third-order valence-electron chi connectivity index (χ3n) is 3.46. The van der Waals surface area contributed by atoms with Gasteiger partial charge in [0.05, 0.1) is 7.11 Å². The molecule has 1 atom stereocenters. The lowest BCUT2D eigenvalue weighted by Gasteiger charge is -2.16. The summed E-state index contributed by atoms with van der Waals surface area (Å²) in [6, 6.07) is 17.3. The summed E-state index contributed by atoms with van der Waals surface area (Å²) in [5.41, 5.74) is 1.92. The second kappa shape index (κ2) is 8.20. The van der Waals surface area contributed by atoms with Crippen molar-refractivity contribution >= 4 is 5.91 Å². The molecule has 4 nitrogen and oxygen atoms in total. The number of carbonyl (C=O) groups is 1. The number of para-hydroxylation sites is 1. The van der Waals surface area contributed by atoms with Crippen LogP contribution < -0.4 is 10.1 Å². The first-order valence-corrected chi connectivity index (χ1v) is 7.23. The third-order valence-corrected chi connectivity index (χ3v) is 3.46. The second-order valence-electron chi connectivity index (χ2n) is 4.88. The highest BCUT2D eigenvalue weighted by molar-refractivity contribution is 5.82. The normalized spacial score (nSPS) is 11.7. The van der Waals surface area contributed by atoms with E-state index in [1.54, 1.807) is 7.11 Å². The van der Waals surface area contributed by atoms with E-state index >= 15 is 0 Å². The van der Waals surface area contributed by atoms with E-state index in [9.17, 15) is 4.79 Å². The molecule has 0 fully saturated rings. The first-order chi connectivity index (χ1) is 10.8. The Bertz CT molecular complexity index is 598. The van der Waals surface area contributed by atoms with E-state index in [1.165, 1.54) is 7.11 Å². The number of methoxy groups -OCH3 is 2. The predicted octanol–water partition coefficient (Wildman–Crippen LogP) is 2.74. The summed E-state index contributed by atoms with van der Waals surface area (Å²) in [5, 5.41) is 2.91. The average molecular weight is 299 g/mol. The van der Waals surface area contributed by atoms with Crippen molar-refractivity contribution in [2.45, 2.75) is 12.5 Å². The summed E-state index contributed by atoms with van der Waals surface area (Å²) in [4.78, 5) is 12.3. The number of nitrogens with one attached hydrogen (secondary N) is 1. The van der Waals surface area contributed by atoms with E-state index in [2.05, 4.69) is 5.32 Å². The lowest BCUT2D eigenvalue weighted by atomic mass is 10.1. The van der Waals surface area contributed by atoms with E-state index in [1.807, 2.05) is 54.6 Å². The van der Waals surface area contributed by atoms with Crippen molar-refractivity contribution in [3.05, 3.63) is 65.7 Å². The van der Waals surface area contributed by atoms with Crippen LogP contribution >= 0.6 is 0 Å². The van der Waals surface area contributed by atoms with Crippen LogP contribution in [0.3, 0.4) is 0 Å². The first kappa shape index (κ1) is 16.0. The molecule has 2 aromatic carbocycles. The molecule has 2 aromatic rings. The molecule has 1 amide bonds. The first-order valence-electron chi connectivity index (χ1n) is 7.23. The molecule has 0 saturated carbocycles. The molecule has 4 heteroatoms. The monoisotopic (exact) mass is 299 g/mol. The van der Waals surface area contributed by atoms with Gasteiger partial charge in [-0.1, -0.05) is 48.5 Å². The Balaban J connectivity index is 1.92. The lowest BCUT2D eigenvalue weighted by Crippen LogP contribution is -2.32. The fourth-order valence-electron chi connectivity index (χ4n) is 2.34. The number of carbonyl (C=O) groups excluding carboxylic acids is 1. The quantitative estimate of drug-likeness (QED) is 0.855. The summed E-state index contributed by atoms with van der Waals surface area (Å²) in [7, 11) is 3.19. The molecule has 0 heterocycles. The highest BCUT2D eigenvalue weighted by Gasteiger charge is 2.19. The highest BCUT2D eigenvalue weighted by Crippen LogP contribution is 2.18. The minimum absolute atomic E-state index is 0.136. The third kappa shape index (κ3) is 4.09. The molecule has 0 radical (unpaired) electrons. The molecule has 0 aliphatic carbocycles. The number of rotatable bonds is 7. The summed E-state index contributed by atoms with van der Waals surface area (Å²) in [6.45, 7) is 0.534. The summed E-state index contributed by atoms with van der Waals surface area (Å²) in [5.74, 6) is 0.701. The molecule has 2 rings (SSSR count). The molecule has 1 unspecified atom stereocenters. The Morgan fingerprint density at radius 3 is 2.41 bits per heavy atom. The van der Waals surface area contributed by atoms with Gasteiger partial charge in [-0.05, 0) is 23.6 Å². The Kier molecular flexibility index (Phi) is 5.98. The van der Waals surface area contributed by atoms with Crippen molar-refractivity contribution in [2.75, 3.05) is 20.8 Å². The van der Waals surface area contributed by atoms with Crippen molar-refractivity contribution in [1.29, 1.82) is 0 Å². The maximum Gasteiger partial charge on any atom is 0.253 e. The molecule has 0 bridgehead atoms. The van der Waals surface area contributed by atoms with Crippen molar-refractivity contribution in [3.63, 3.8) is 0 Å². The van der Waals surface area contributed by atoms with Gasteiger partial charge in [-0.15, -0.1) is 0 Å². The van der Waals surface area contributed by atoms with Gasteiger partial charge in [0.15, 0.2) is 6.10 Å². The fourth-order valence-corrected chi connectivity index (χ4v) is 2.34. The fraction of sp³-hybridized carbons (Fsp3) is 0.278. The van der Waals surface area contributed by atoms with Crippen LogP contribution in [0, 0.1) is 0 Å². The van der Waals surface area contributed by atoms with E-state index in [-0.39, 0.29) is 5.91 Å². The van der Waals surface area contributed by atoms with Crippen LogP contribution in [0.2, 0.25) is 0 Å². The molecule has 0 aliphatic rings. The van der Waals surface area contributed by atoms with Gasteiger partial charge in [0.2, 0.25) is 0 Å². The summed E-state index contributed by atoms with van der Waals surface area (Å²) >= 11 is 0. The van der Waals surface area contributed by atoms with Crippen LogP contribution in [0.1, 0.15) is 17.2 Å². The number of hydrogen-bond donors (Lipinski definition) is 1. The molecule has 1 N–H and O–H groups in total. The number of benzene rings is 2. The lowest BCUT2D eigenvalue weighted by molar-refractivity contribution is -0.131. The standard InChI is InChI=1S/C18H21NO3/c1-21-16-11-7-6-8-14(16)12-13-19-18(20)17(22-2)15-9-4-3-5-10-15/h3-11,17H,12-13H2,1-2H3,(H,19,20). The van der Waals surface area contributed by atoms with Crippen LogP contribution in [-0.2, 0) is 16.0 Å². The molecule has 0 aliphatic heterocycles. The van der Waals surface area contributed by atoms with Gasteiger partial charge in [0, 0.05) is 13.7 Å². The molecular weight excluding hydrogens is 278 g/mol. The van der Waals surface area contributed by atoms with Crippen molar-refractivity contribution in [3.8, 4) is 5.75 Å². The van der Waals surface area contributed by atoms with Gasteiger partial charge in [-0.3, -0.25) is 4.79 Å². The molecular formula is C18H21NO3. The zero-order chi connectivity index (χ0) is 15.8. The highest BCUT2D eigenvalue weighted by atomic mass is 16.5. The topological polar surface area (TPSA) is 47.6 Å². The van der Waals surface area contributed by atoms with Crippen molar-refractivity contribution in [1.82, 2.24) is 5.32 Å². The predicted molar refractivity (Wildman–Crippen MR) is 85.9 cm³/mol. The van der Waals surface area contributed by atoms with Crippen molar-refractivity contribution < 1.29 is 14.3 Å². The molecule has 0 saturated heterocycles. The smallest absolute Gasteiger partial charge is 0.253 e. The second-order valence-corrected chi connectivity index (χ2v) is 4.88. The maximum atomic E-state index is 12.3. The largest absolute Gasteiger partial charge is 0.496 e.